The van der Waals surface area contributed by atoms with Gasteiger partial charge in [0.15, 0.2) is 0 Å². The first-order chi connectivity index (χ1) is 8.70. The number of nitro benzene ring substituents is 1. The Hall–Kier alpha value is -1.53. The van der Waals surface area contributed by atoms with Gasteiger partial charge in [-0.3, -0.25) is 10.1 Å². The van der Waals surface area contributed by atoms with Gasteiger partial charge in [0.05, 0.1) is 27.8 Å². The third kappa shape index (κ3) is 4.92. The molecule has 7 heteroatoms. The molecule has 1 aromatic rings. The Morgan fingerprint density at radius 1 is 1.47 bits per heavy atom. The van der Waals surface area contributed by atoms with Gasteiger partial charge in [0.25, 0.3) is 5.69 Å². The Kier molecular flexibility index (Phi) is 4.97. The Labute approximate surface area is 117 Å². The zero-order valence-corrected chi connectivity index (χ0v) is 12.0. The van der Waals surface area contributed by atoms with E-state index >= 15 is 0 Å². The summed E-state index contributed by atoms with van der Waals surface area (Å²) in [5.74, 6) is 0. The number of ether oxygens (including phenoxy) is 1. The molecule has 0 unspecified atom stereocenters. The van der Waals surface area contributed by atoms with Crippen LogP contribution in [-0.4, -0.2) is 23.7 Å². The van der Waals surface area contributed by atoms with Crippen LogP contribution in [0.1, 0.15) is 20.8 Å². The van der Waals surface area contributed by atoms with E-state index in [1.165, 1.54) is 12.1 Å². The molecule has 3 N–H and O–H groups in total. The van der Waals surface area contributed by atoms with Crippen molar-refractivity contribution in [2.45, 2.75) is 26.4 Å². The predicted octanol–water partition coefficient (Wildman–Crippen LogP) is 3.06. The molecule has 0 atom stereocenters. The summed E-state index contributed by atoms with van der Waals surface area (Å²) in [5.41, 5.74) is 5.83. The first kappa shape index (κ1) is 15.5. The average molecular weight is 288 g/mol. The fourth-order valence-corrected chi connectivity index (χ4v) is 1.64. The van der Waals surface area contributed by atoms with E-state index in [4.69, 9.17) is 22.1 Å². The number of hydrogen-bond acceptors (Lipinski definition) is 5. The molecule has 0 aliphatic carbocycles. The largest absolute Gasteiger partial charge is 0.393 e. The molecule has 0 radical (unpaired) electrons. The second kappa shape index (κ2) is 6.08. The van der Waals surface area contributed by atoms with Crippen LogP contribution in [0.15, 0.2) is 12.1 Å². The van der Waals surface area contributed by atoms with E-state index in [-0.39, 0.29) is 22.0 Å². The summed E-state index contributed by atoms with van der Waals surface area (Å²) < 4.78 is 5.54. The first-order valence-electron chi connectivity index (χ1n) is 5.82. The number of nitrogen functional groups attached to an aromatic ring is 1. The number of halogens is 1. The maximum Gasteiger partial charge on any atom is 0.293 e. The minimum absolute atomic E-state index is 0.0774. The molecule has 6 nitrogen and oxygen atoms in total. The molecule has 0 saturated heterocycles. The number of hydrogen-bond donors (Lipinski definition) is 2. The summed E-state index contributed by atoms with van der Waals surface area (Å²) >= 11 is 5.95. The zero-order valence-electron chi connectivity index (χ0n) is 11.2. The molecule has 0 amide bonds. The van der Waals surface area contributed by atoms with Crippen molar-refractivity contribution in [1.82, 2.24) is 0 Å². The van der Waals surface area contributed by atoms with Crippen LogP contribution in [0.2, 0.25) is 5.02 Å². The molecular formula is C12H18ClN3O3. The van der Waals surface area contributed by atoms with Crippen molar-refractivity contribution >= 4 is 28.7 Å². The van der Waals surface area contributed by atoms with E-state index in [1.807, 2.05) is 20.8 Å². The third-order valence-corrected chi connectivity index (χ3v) is 2.58. The van der Waals surface area contributed by atoms with Gasteiger partial charge in [0.2, 0.25) is 0 Å². The molecule has 0 saturated carbocycles. The van der Waals surface area contributed by atoms with Crippen LogP contribution in [0, 0.1) is 10.1 Å². The Morgan fingerprint density at radius 2 is 2.11 bits per heavy atom. The zero-order chi connectivity index (χ0) is 14.6. The minimum atomic E-state index is -0.562. The number of nitrogens with zero attached hydrogens (tertiary/aromatic N) is 1. The predicted molar refractivity (Wildman–Crippen MR) is 76.7 cm³/mol. The highest BCUT2D eigenvalue weighted by Crippen LogP contribution is 2.32. The van der Waals surface area contributed by atoms with Gasteiger partial charge >= 0.3 is 0 Å². The Bertz CT molecular complexity index is 472. The molecule has 106 valence electrons. The van der Waals surface area contributed by atoms with E-state index in [2.05, 4.69) is 5.32 Å². The Morgan fingerprint density at radius 3 is 2.63 bits per heavy atom. The van der Waals surface area contributed by atoms with Crippen LogP contribution in [0.25, 0.3) is 0 Å². The highest BCUT2D eigenvalue weighted by Gasteiger charge is 2.15. The van der Waals surface area contributed by atoms with Crippen LogP contribution in [0.4, 0.5) is 17.1 Å². The summed E-state index contributed by atoms with van der Waals surface area (Å²) in [6.45, 7) is 6.92. The van der Waals surface area contributed by atoms with Crippen LogP contribution < -0.4 is 11.1 Å². The quantitative estimate of drug-likeness (QED) is 0.376. The van der Waals surface area contributed by atoms with Gasteiger partial charge < -0.3 is 15.8 Å². The van der Waals surface area contributed by atoms with Gasteiger partial charge in [-0.1, -0.05) is 11.6 Å². The van der Waals surface area contributed by atoms with Crippen molar-refractivity contribution in [3.8, 4) is 0 Å². The van der Waals surface area contributed by atoms with E-state index < -0.39 is 4.92 Å². The lowest BCUT2D eigenvalue weighted by Gasteiger charge is -2.20. The van der Waals surface area contributed by atoms with Crippen molar-refractivity contribution in [3.63, 3.8) is 0 Å². The number of anilines is 2. The Balaban J connectivity index is 2.65. The third-order valence-electron chi connectivity index (χ3n) is 2.27. The van der Waals surface area contributed by atoms with Gasteiger partial charge in [-0.15, -0.1) is 0 Å². The number of nitrogens with two attached hydrogens (primary N) is 1. The van der Waals surface area contributed by atoms with E-state index in [1.54, 1.807) is 0 Å². The summed E-state index contributed by atoms with van der Waals surface area (Å²) in [6, 6.07) is 2.70. The molecule has 0 bridgehead atoms. The van der Waals surface area contributed by atoms with E-state index in [9.17, 15) is 10.1 Å². The van der Waals surface area contributed by atoms with Gasteiger partial charge in [0, 0.05) is 12.6 Å². The molecule has 19 heavy (non-hydrogen) atoms. The van der Waals surface area contributed by atoms with Crippen molar-refractivity contribution in [2.24, 2.45) is 0 Å². The molecular weight excluding hydrogens is 270 g/mol. The lowest BCUT2D eigenvalue weighted by molar-refractivity contribution is -0.383. The summed E-state index contributed by atoms with van der Waals surface area (Å²) in [5, 5.41) is 14.0. The second-order valence-electron chi connectivity index (χ2n) is 5.04. The summed E-state index contributed by atoms with van der Waals surface area (Å²) in [6.07, 6.45) is 0. The van der Waals surface area contributed by atoms with Gasteiger partial charge in [-0.2, -0.15) is 0 Å². The highest BCUT2D eigenvalue weighted by atomic mass is 35.5. The molecule has 0 heterocycles. The minimum Gasteiger partial charge on any atom is -0.393 e. The summed E-state index contributed by atoms with van der Waals surface area (Å²) in [7, 11) is 0. The average Bonchev–Trinajstić information content (AvgIpc) is 2.26. The van der Waals surface area contributed by atoms with Gasteiger partial charge in [-0.05, 0) is 26.8 Å². The molecule has 0 aliphatic heterocycles. The van der Waals surface area contributed by atoms with Crippen molar-refractivity contribution in [3.05, 3.63) is 27.3 Å². The topological polar surface area (TPSA) is 90.4 Å². The number of benzene rings is 1. The first-order valence-corrected chi connectivity index (χ1v) is 6.20. The van der Waals surface area contributed by atoms with Crippen molar-refractivity contribution in [1.29, 1.82) is 0 Å². The normalized spacial score (nSPS) is 11.4. The molecule has 1 aromatic carbocycles. The standard InChI is InChI=1S/C12H18ClN3O3/c1-12(2,3)19-5-4-15-10-7-9(14)11(16(17)18)6-8(10)13/h6-7,15H,4-5,14H2,1-3H3. The fourth-order valence-electron chi connectivity index (χ4n) is 1.42. The van der Waals surface area contributed by atoms with Gasteiger partial charge in [-0.25, -0.2) is 0 Å². The molecule has 0 aromatic heterocycles. The van der Waals surface area contributed by atoms with Crippen LogP contribution in [0.3, 0.4) is 0 Å². The van der Waals surface area contributed by atoms with Crippen molar-refractivity contribution < 1.29 is 9.66 Å². The van der Waals surface area contributed by atoms with E-state index in [0.29, 0.717) is 18.8 Å². The lowest BCUT2D eigenvalue weighted by Crippen LogP contribution is -2.23. The maximum atomic E-state index is 10.7. The maximum absolute atomic E-state index is 10.7. The monoisotopic (exact) mass is 287 g/mol. The lowest BCUT2D eigenvalue weighted by atomic mass is 10.2. The smallest absolute Gasteiger partial charge is 0.293 e. The SMILES string of the molecule is CC(C)(C)OCCNc1cc(N)c([N+](=O)[O-])cc1Cl. The number of rotatable bonds is 5. The molecule has 1 rings (SSSR count). The van der Waals surface area contributed by atoms with Crippen LogP contribution in [-0.2, 0) is 4.74 Å². The van der Waals surface area contributed by atoms with E-state index in [0.717, 1.165) is 0 Å². The molecule has 0 fully saturated rings. The molecule has 0 aliphatic rings. The summed E-state index contributed by atoms with van der Waals surface area (Å²) in [4.78, 5) is 10.1. The fraction of sp³-hybridized carbons (Fsp3) is 0.500. The number of nitro groups is 1. The van der Waals surface area contributed by atoms with Crippen LogP contribution >= 0.6 is 11.6 Å². The highest BCUT2D eigenvalue weighted by molar-refractivity contribution is 6.33. The van der Waals surface area contributed by atoms with Crippen LogP contribution in [0.5, 0.6) is 0 Å². The number of nitrogens with one attached hydrogen (secondary N) is 1. The van der Waals surface area contributed by atoms with Gasteiger partial charge in [0.1, 0.15) is 5.69 Å². The van der Waals surface area contributed by atoms with Crippen molar-refractivity contribution in [2.75, 3.05) is 24.2 Å². The second-order valence-corrected chi connectivity index (χ2v) is 5.44. The molecule has 0 spiro atoms.